The molecule has 2 rings (SSSR count). The smallest absolute Gasteiger partial charge is 0.126 e. The molecule has 100 valence electrons. The van der Waals surface area contributed by atoms with Gasteiger partial charge in [0, 0.05) is 10.9 Å². The molecule has 0 aliphatic heterocycles. The summed E-state index contributed by atoms with van der Waals surface area (Å²) >= 11 is 3.51. The Balaban J connectivity index is 2.16. The van der Waals surface area contributed by atoms with Gasteiger partial charge in [0.15, 0.2) is 0 Å². The summed E-state index contributed by atoms with van der Waals surface area (Å²) in [5.74, 6) is 0.998. The van der Waals surface area contributed by atoms with Crippen LogP contribution >= 0.6 is 15.9 Å². The van der Waals surface area contributed by atoms with Gasteiger partial charge in [-0.1, -0.05) is 52.3 Å². The van der Waals surface area contributed by atoms with Crippen LogP contribution in [0.5, 0.6) is 5.75 Å². The first kappa shape index (κ1) is 14.1. The van der Waals surface area contributed by atoms with Gasteiger partial charge in [0.1, 0.15) is 12.4 Å². The highest BCUT2D eigenvalue weighted by Gasteiger charge is 2.06. The van der Waals surface area contributed by atoms with Crippen LogP contribution in [0.2, 0.25) is 0 Å². The van der Waals surface area contributed by atoms with Gasteiger partial charge in [0.05, 0.1) is 0 Å². The monoisotopic (exact) mass is 318 g/mol. The van der Waals surface area contributed by atoms with Gasteiger partial charge in [-0.05, 0) is 43.0 Å². The fourth-order valence-electron chi connectivity index (χ4n) is 2.07. The molecule has 19 heavy (non-hydrogen) atoms. The molecule has 0 saturated heterocycles. The van der Waals surface area contributed by atoms with Crippen LogP contribution in [0.4, 0.5) is 0 Å². The van der Waals surface area contributed by atoms with Gasteiger partial charge in [-0.2, -0.15) is 0 Å². The molecular weight excluding hydrogens is 300 g/mol. The zero-order chi connectivity index (χ0) is 13.8. The minimum absolute atomic E-state index is 0.617. The van der Waals surface area contributed by atoms with E-state index in [-0.39, 0.29) is 0 Å². The van der Waals surface area contributed by atoms with E-state index in [9.17, 15) is 0 Å². The van der Waals surface area contributed by atoms with Crippen LogP contribution in [0.25, 0.3) is 0 Å². The summed E-state index contributed by atoms with van der Waals surface area (Å²) in [6, 6.07) is 12.7. The topological polar surface area (TPSA) is 9.23 Å². The lowest BCUT2D eigenvalue weighted by atomic mass is 10.1. The molecule has 0 heterocycles. The fraction of sp³-hybridized carbons (Fsp3) is 0.294. The highest BCUT2D eigenvalue weighted by Crippen LogP contribution is 2.26. The van der Waals surface area contributed by atoms with Crippen LogP contribution in [0.3, 0.4) is 0 Å². The number of alkyl halides is 1. The molecule has 0 spiro atoms. The molecule has 1 nitrogen and oxygen atoms in total. The first-order valence-corrected chi connectivity index (χ1v) is 7.57. The normalized spacial score (nSPS) is 10.5. The highest BCUT2D eigenvalue weighted by molar-refractivity contribution is 9.08. The van der Waals surface area contributed by atoms with Crippen molar-refractivity contribution in [2.75, 3.05) is 0 Å². The summed E-state index contributed by atoms with van der Waals surface area (Å²) in [5.41, 5.74) is 6.23. The van der Waals surface area contributed by atoms with E-state index in [1.54, 1.807) is 0 Å². The van der Waals surface area contributed by atoms with E-state index >= 15 is 0 Å². The van der Waals surface area contributed by atoms with Gasteiger partial charge < -0.3 is 4.74 Å². The molecular formula is C17H19BrO. The standard InChI is InChI=1S/C17H19BrO/c1-12-7-8-15(9-14(12)3)11-19-17-13(2)5-4-6-16(17)10-18/h4-9H,10-11H2,1-3H3. The maximum atomic E-state index is 6.01. The van der Waals surface area contributed by atoms with Crippen molar-refractivity contribution in [3.05, 3.63) is 64.2 Å². The second kappa shape index (κ2) is 6.25. The first-order valence-electron chi connectivity index (χ1n) is 6.45. The largest absolute Gasteiger partial charge is 0.488 e. The van der Waals surface area contributed by atoms with Crippen molar-refractivity contribution in [2.45, 2.75) is 32.7 Å². The molecule has 0 amide bonds. The van der Waals surface area contributed by atoms with Crippen LogP contribution in [0.1, 0.15) is 27.8 Å². The zero-order valence-corrected chi connectivity index (χ0v) is 13.3. The second-order valence-corrected chi connectivity index (χ2v) is 5.46. The number of para-hydroxylation sites is 1. The lowest BCUT2D eigenvalue weighted by Crippen LogP contribution is -2.00. The summed E-state index contributed by atoms with van der Waals surface area (Å²) in [6.45, 7) is 6.97. The lowest BCUT2D eigenvalue weighted by molar-refractivity contribution is 0.301. The third kappa shape index (κ3) is 3.38. The molecule has 0 fully saturated rings. The van der Waals surface area contributed by atoms with E-state index < -0.39 is 0 Å². The van der Waals surface area contributed by atoms with Crippen LogP contribution in [0.15, 0.2) is 36.4 Å². The van der Waals surface area contributed by atoms with Crippen LogP contribution < -0.4 is 4.74 Å². The molecule has 2 aromatic rings. The molecule has 0 aliphatic carbocycles. The van der Waals surface area contributed by atoms with Crippen LogP contribution in [-0.2, 0) is 11.9 Å². The summed E-state index contributed by atoms with van der Waals surface area (Å²) in [4.78, 5) is 0. The quantitative estimate of drug-likeness (QED) is 0.714. The number of aryl methyl sites for hydroxylation is 3. The SMILES string of the molecule is Cc1ccc(COc2c(C)cccc2CBr)cc1C. The van der Waals surface area contributed by atoms with E-state index in [1.165, 1.54) is 27.8 Å². The summed E-state index contributed by atoms with van der Waals surface area (Å²) < 4.78 is 6.01. The zero-order valence-electron chi connectivity index (χ0n) is 11.7. The van der Waals surface area contributed by atoms with E-state index in [4.69, 9.17) is 4.74 Å². The summed E-state index contributed by atoms with van der Waals surface area (Å²) in [6.07, 6.45) is 0. The van der Waals surface area contributed by atoms with E-state index in [1.807, 2.05) is 0 Å². The Morgan fingerprint density at radius 1 is 0.947 bits per heavy atom. The van der Waals surface area contributed by atoms with Gasteiger partial charge in [0.2, 0.25) is 0 Å². The molecule has 0 radical (unpaired) electrons. The number of ether oxygens (including phenoxy) is 1. The van der Waals surface area contributed by atoms with Gasteiger partial charge in [-0.15, -0.1) is 0 Å². The van der Waals surface area contributed by atoms with Crippen LogP contribution in [-0.4, -0.2) is 0 Å². The fourth-order valence-corrected chi connectivity index (χ4v) is 2.52. The van der Waals surface area contributed by atoms with Crippen LogP contribution in [0, 0.1) is 20.8 Å². The van der Waals surface area contributed by atoms with E-state index in [0.29, 0.717) is 6.61 Å². The molecule has 0 bridgehead atoms. The van der Waals surface area contributed by atoms with Gasteiger partial charge in [-0.25, -0.2) is 0 Å². The number of hydrogen-bond donors (Lipinski definition) is 0. The summed E-state index contributed by atoms with van der Waals surface area (Å²) in [7, 11) is 0. The Morgan fingerprint density at radius 2 is 1.74 bits per heavy atom. The Hall–Kier alpha value is -1.28. The van der Waals surface area contributed by atoms with Crippen molar-refractivity contribution < 1.29 is 4.74 Å². The number of benzene rings is 2. The average molecular weight is 319 g/mol. The number of rotatable bonds is 4. The first-order chi connectivity index (χ1) is 9.11. The minimum atomic E-state index is 0.617. The van der Waals surface area contributed by atoms with Crippen molar-refractivity contribution in [1.82, 2.24) is 0 Å². The van der Waals surface area contributed by atoms with Crippen molar-refractivity contribution in [3.63, 3.8) is 0 Å². The Labute approximate surface area is 123 Å². The Kier molecular flexibility index (Phi) is 4.65. The molecule has 0 aromatic heterocycles. The van der Waals surface area contributed by atoms with E-state index in [0.717, 1.165) is 11.1 Å². The van der Waals surface area contributed by atoms with Crippen molar-refractivity contribution in [2.24, 2.45) is 0 Å². The Morgan fingerprint density at radius 3 is 2.42 bits per heavy atom. The predicted molar refractivity (Wildman–Crippen MR) is 84.1 cm³/mol. The molecule has 0 aliphatic rings. The predicted octanol–water partition coefficient (Wildman–Crippen LogP) is 5.09. The van der Waals surface area contributed by atoms with Gasteiger partial charge >= 0.3 is 0 Å². The average Bonchev–Trinajstić information content (AvgIpc) is 2.41. The molecule has 2 heteroatoms. The second-order valence-electron chi connectivity index (χ2n) is 4.90. The molecule has 2 aromatic carbocycles. The third-order valence-electron chi connectivity index (χ3n) is 3.39. The van der Waals surface area contributed by atoms with Crippen molar-refractivity contribution >= 4 is 15.9 Å². The maximum Gasteiger partial charge on any atom is 0.126 e. The number of hydrogen-bond acceptors (Lipinski definition) is 1. The molecule has 0 saturated carbocycles. The molecule has 0 atom stereocenters. The van der Waals surface area contributed by atoms with E-state index in [2.05, 4.69) is 73.1 Å². The lowest BCUT2D eigenvalue weighted by Gasteiger charge is -2.13. The van der Waals surface area contributed by atoms with Crippen molar-refractivity contribution in [1.29, 1.82) is 0 Å². The summed E-state index contributed by atoms with van der Waals surface area (Å²) in [5, 5.41) is 0.816. The molecule has 0 unspecified atom stereocenters. The Bertz CT molecular complexity index is 575. The third-order valence-corrected chi connectivity index (χ3v) is 4.00. The van der Waals surface area contributed by atoms with Gasteiger partial charge in [-0.3, -0.25) is 0 Å². The maximum absolute atomic E-state index is 6.01. The van der Waals surface area contributed by atoms with Crippen molar-refractivity contribution in [3.8, 4) is 5.75 Å². The minimum Gasteiger partial charge on any atom is -0.488 e. The van der Waals surface area contributed by atoms with Gasteiger partial charge in [0.25, 0.3) is 0 Å². The molecule has 0 N–H and O–H groups in total. The number of halogens is 1. The highest BCUT2D eigenvalue weighted by atomic mass is 79.9.